The van der Waals surface area contributed by atoms with Crippen molar-refractivity contribution in [3.63, 3.8) is 0 Å². The standard InChI is InChI=1S/C18H24FN3O2/c19-16-8-4-3-7-15(16)17(23)22-11-9-14(10-12-22)21-18(24)20-13-5-1-2-6-13/h3-4,7-8,13-14H,1-2,5-6,9-12H2,(H2,20,21,24). The number of rotatable bonds is 3. The lowest BCUT2D eigenvalue weighted by atomic mass is 10.0. The third kappa shape index (κ3) is 4.04. The summed E-state index contributed by atoms with van der Waals surface area (Å²) in [7, 11) is 0. The Morgan fingerprint density at radius 2 is 1.54 bits per heavy atom. The van der Waals surface area contributed by atoms with Crippen molar-refractivity contribution < 1.29 is 14.0 Å². The fourth-order valence-electron chi connectivity index (χ4n) is 3.51. The number of carbonyl (C=O) groups excluding carboxylic acids is 2. The molecule has 0 atom stereocenters. The van der Waals surface area contributed by atoms with Gasteiger partial charge in [-0.1, -0.05) is 25.0 Å². The predicted molar refractivity (Wildman–Crippen MR) is 89.2 cm³/mol. The summed E-state index contributed by atoms with van der Waals surface area (Å²) in [4.78, 5) is 26.0. The van der Waals surface area contributed by atoms with Crippen molar-refractivity contribution in [1.82, 2.24) is 15.5 Å². The number of nitrogens with one attached hydrogen (secondary N) is 2. The van der Waals surface area contributed by atoms with Crippen LogP contribution in [0, 0.1) is 5.82 Å². The summed E-state index contributed by atoms with van der Waals surface area (Å²) in [6, 6.07) is 6.30. The highest BCUT2D eigenvalue weighted by Gasteiger charge is 2.26. The molecule has 0 unspecified atom stereocenters. The molecule has 1 aromatic carbocycles. The molecular weight excluding hydrogens is 309 g/mol. The molecule has 2 aliphatic rings. The number of benzene rings is 1. The van der Waals surface area contributed by atoms with Gasteiger partial charge in [0, 0.05) is 25.2 Å². The van der Waals surface area contributed by atoms with E-state index in [4.69, 9.17) is 0 Å². The summed E-state index contributed by atoms with van der Waals surface area (Å²) in [6.45, 7) is 1.06. The first-order valence-electron chi connectivity index (χ1n) is 8.74. The zero-order chi connectivity index (χ0) is 16.9. The highest BCUT2D eigenvalue weighted by atomic mass is 19.1. The summed E-state index contributed by atoms with van der Waals surface area (Å²) in [6.07, 6.45) is 5.87. The van der Waals surface area contributed by atoms with Gasteiger partial charge in [0.15, 0.2) is 0 Å². The van der Waals surface area contributed by atoms with Crippen molar-refractivity contribution >= 4 is 11.9 Å². The maximum Gasteiger partial charge on any atom is 0.315 e. The van der Waals surface area contributed by atoms with Crippen LogP contribution in [0.2, 0.25) is 0 Å². The first-order valence-corrected chi connectivity index (χ1v) is 8.74. The van der Waals surface area contributed by atoms with Gasteiger partial charge in [0.1, 0.15) is 5.82 Å². The Bertz CT molecular complexity index is 594. The zero-order valence-corrected chi connectivity index (χ0v) is 13.8. The van der Waals surface area contributed by atoms with Crippen LogP contribution in [-0.4, -0.2) is 42.0 Å². The van der Waals surface area contributed by atoms with Crippen LogP contribution in [0.15, 0.2) is 24.3 Å². The van der Waals surface area contributed by atoms with Crippen LogP contribution < -0.4 is 10.6 Å². The van der Waals surface area contributed by atoms with Crippen molar-refractivity contribution in [2.75, 3.05) is 13.1 Å². The van der Waals surface area contributed by atoms with Crippen LogP contribution >= 0.6 is 0 Å². The Morgan fingerprint density at radius 3 is 2.17 bits per heavy atom. The molecule has 24 heavy (non-hydrogen) atoms. The van der Waals surface area contributed by atoms with Crippen molar-refractivity contribution in [3.05, 3.63) is 35.6 Å². The minimum absolute atomic E-state index is 0.0658. The van der Waals surface area contributed by atoms with Crippen LogP contribution in [0.25, 0.3) is 0 Å². The number of halogens is 1. The Balaban J connectivity index is 1.46. The minimum Gasteiger partial charge on any atom is -0.338 e. The van der Waals surface area contributed by atoms with E-state index in [9.17, 15) is 14.0 Å². The number of carbonyl (C=O) groups is 2. The molecule has 1 heterocycles. The number of urea groups is 1. The quantitative estimate of drug-likeness (QED) is 0.893. The lowest BCUT2D eigenvalue weighted by Gasteiger charge is -2.32. The highest BCUT2D eigenvalue weighted by molar-refractivity contribution is 5.94. The molecule has 0 spiro atoms. The van der Waals surface area contributed by atoms with Crippen molar-refractivity contribution in [2.45, 2.75) is 50.6 Å². The molecule has 0 aromatic heterocycles. The fraction of sp³-hybridized carbons (Fsp3) is 0.556. The average Bonchev–Trinajstić information content (AvgIpc) is 3.08. The maximum absolute atomic E-state index is 13.7. The molecule has 0 radical (unpaired) electrons. The number of hydrogen-bond donors (Lipinski definition) is 2. The van der Waals surface area contributed by atoms with Gasteiger partial charge in [-0.25, -0.2) is 9.18 Å². The molecule has 1 aliphatic carbocycles. The molecule has 1 aliphatic heterocycles. The number of likely N-dealkylation sites (tertiary alicyclic amines) is 1. The van der Waals surface area contributed by atoms with Crippen LogP contribution in [-0.2, 0) is 0 Å². The van der Waals surface area contributed by atoms with E-state index in [1.807, 2.05) is 0 Å². The van der Waals surface area contributed by atoms with E-state index in [-0.39, 0.29) is 23.5 Å². The first kappa shape index (κ1) is 16.7. The van der Waals surface area contributed by atoms with Crippen molar-refractivity contribution in [2.24, 2.45) is 0 Å². The molecule has 2 N–H and O–H groups in total. The molecule has 0 bridgehead atoms. The molecule has 1 saturated heterocycles. The zero-order valence-electron chi connectivity index (χ0n) is 13.8. The third-order valence-electron chi connectivity index (χ3n) is 4.91. The average molecular weight is 333 g/mol. The smallest absolute Gasteiger partial charge is 0.315 e. The van der Waals surface area contributed by atoms with E-state index in [0.717, 1.165) is 12.8 Å². The van der Waals surface area contributed by atoms with Crippen LogP contribution in [0.1, 0.15) is 48.9 Å². The van der Waals surface area contributed by atoms with Crippen LogP contribution in [0.4, 0.5) is 9.18 Å². The summed E-state index contributed by atoms with van der Waals surface area (Å²) in [5.41, 5.74) is 0.114. The second-order valence-electron chi connectivity index (χ2n) is 6.65. The Hall–Kier alpha value is -2.11. The number of nitrogens with zero attached hydrogens (tertiary/aromatic N) is 1. The van der Waals surface area contributed by atoms with E-state index in [1.54, 1.807) is 17.0 Å². The second-order valence-corrected chi connectivity index (χ2v) is 6.65. The SMILES string of the molecule is O=C(NC1CCCC1)NC1CCN(C(=O)c2ccccc2F)CC1. The molecule has 6 heteroatoms. The van der Waals surface area contributed by atoms with E-state index >= 15 is 0 Å². The van der Waals surface area contributed by atoms with Gasteiger partial charge in [-0.05, 0) is 37.8 Å². The van der Waals surface area contributed by atoms with Gasteiger partial charge in [0.25, 0.3) is 5.91 Å². The van der Waals surface area contributed by atoms with Crippen molar-refractivity contribution in [1.29, 1.82) is 0 Å². The van der Waals surface area contributed by atoms with E-state index in [2.05, 4.69) is 10.6 Å². The summed E-state index contributed by atoms with van der Waals surface area (Å²) in [5, 5.41) is 6.01. The highest BCUT2D eigenvalue weighted by Crippen LogP contribution is 2.18. The van der Waals surface area contributed by atoms with Crippen molar-refractivity contribution in [3.8, 4) is 0 Å². The third-order valence-corrected chi connectivity index (χ3v) is 4.91. The van der Waals surface area contributed by atoms with E-state index < -0.39 is 5.82 Å². The molecule has 3 amide bonds. The molecule has 1 saturated carbocycles. The molecule has 3 rings (SSSR count). The van der Waals surface area contributed by atoms with Crippen LogP contribution in [0.5, 0.6) is 0 Å². The predicted octanol–water partition coefficient (Wildman–Crippen LogP) is 2.67. The second kappa shape index (κ2) is 7.64. The summed E-state index contributed by atoms with van der Waals surface area (Å²) >= 11 is 0. The van der Waals surface area contributed by atoms with Gasteiger partial charge >= 0.3 is 6.03 Å². The Labute approximate surface area is 141 Å². The van der Waals surface area contributed by atoms with Gasteiger partial charge in [0.2, 0.25) is 0 Å². The Kier molecular flexibility index (Phi) is 5.33. The van der Waals surface area contributed by atoms with E-state index in [0.29, 0.717) is 32.0 Å². The topological polar surface area (TPSA) is 61.4 Å². The first-order chi connectivity index (χ1) is 11.6. The monoisotopic (exact) mass is 333 g/mol. The Morgan fingerprint density at radius 1 is 0.958 bits per heavy atom. The number of amides is 3. The molecule has 130 valence electrons. The maximum atomic E-state index is 13.7. The number of piperidine rings is 1. The van der Waals surface area contributed by atoms with Gasteiger partial charge in [0.05, 0.1) is 5.56 Å². The summed E-state index contributed by atoms with van der Waals surface area (Å²) < 4.78 is 13.7. The lowest BCUT2D eigenvalue weighted by Crippen LogP contribution is -2.50. The van der Waals surface area contributed by atoms with E-state index in [1.165, 1.54) is 25.0 Å². The normalized spacial score (nSPS) is 19.3. The molecule has 5 nitrogen and oxygen atoms in total. The summed E-state index contributed by atoms with van der Waals surface area (Å²) in [5.74, 6) is -0.763. The van der Waals surface area contributed by atoms with Crippen LogP contribution in [0.3, 0.4) is 0 Å². The van der Waals surface area contributed by atoms with Gasteiger partial charge in [-0.2, -0.15) is 0 Å². The fourth-order valence-corrected chi connectivity index (χ4v) is 3.51. The molecular formula is C18H24FN3O2. The molecule has 1 aromatic rings. The largest absolute Gasteiger partial charge is 0.338 e. The van der Waals surface area contributed by atoms with Gasteiger partial charge in [-0.15, -0.1) is 0 Å². The van der Waals surface area contributed by atoms with Gasteiger partial charge < -0.3 is 15.5 Å². The van der Waals surface area contributed by atoms with Gasteiger partial charge in [-0.3, -0.25) is 4.79 Å². The molecule has 2 fully saturated rings. The lowest BCUT2D eigenvalue weighted by molar-refractivity contribution is 0.0703. The number of hydrogen-bond acceptors (Lipinski definition) is 2. The minimum atomic E-state index is -0.487.